The highest BCUT2D eigenvalue weighted by Gasteiger charge is 2.25. The number of hydrogen-bond acceptors (Lipinski definition) is 14. The van der Waals surface area contributed by atoms with Crippen molar-refractivity contribution in [1.29, 1.82) is 0 Å². The number of nitrogens with zero attached hydrogens (tertiary/aromatic N) is 2. The van der Waals surface area contributed by atoms with E-state index in [2.05, 4.69) is 19.6 Å². The van der Waals surface area contributed by atoms with Crippen molar-refractivity contribution in [2.24, 2.45) is 10.2 Å². The van der Waals surface area contributed by atoms with Crippen LogP contribution in [0, 0.1) is 0 Å². The number of anilines is 2. The van der Waals surface area contributed by atoms with Gasteiger partial charge in [0.15, 0.2) is 5.75 Å². The van der Waals surface area contributed by atoms with Crippen molar-refractivity contribution in [3.63, 3.8) is 0 Å². The van der Waals surface area contributed by atoms with E-state index in [1.165, 1.54) is 30.3 Å². The van der Waals surface area contributed by atoms with Crippen LogP contribution in [0.25, 0.3) is 21.5 Å². The summed E-state index contributed by atoms with van der Waals surface area (Å²) in [7, 11) is -9.72. The van der Waals surface area contributed by atoms with Crippen molar-refractivity contribution >= 4 is 76.6 Å². The van der Waals surface area contributed by atoms with Gasteiger partial charge in [-0.25, -0.2) is 5.26 Å². The number of azo groups is 1. The minimum atomic E-state index is -4.91. The van der Waals surface area contributed by atoms with Crippen LogP contribution < -0.4 is 11.5 Å². The summed E-state index contributed by atoms with van der Waals surface area (Å²) in [6.45, 7) is 0. The number of benzene rings is 4. The van der Waals surface area contributed by atoms with E-state index < -0.39 is 58.5 Å². The Morgan fingerprint density at radius 3 is 2.21 bits per heavy atom. The number of nitrogen functional groups attached to an aromatic ring is 2. The molecule has 0 unspecified atom stereocenters. The SMILES string of the molecule is Nc1c(S(=O)(=O)O)cc2cc(SOOO)c(/N=N\c3ccc4c(O)cccc4c3S(=O)(=O)O)c(O)c2c1N. The van der Waals surface area contributed by atoms with Gasteiger partial charge in [0.2, 0.25) is 0 Å². The quantitative estimate of drug-likeness (QED) is 0.0405. The second kappa shape index (κ2) is 9.85. The number of rotatable bonds is 7. The molecule has 0 atom stereocenters. The Bertz CT molecular complexity index is 1860. The monoisotopic (exact) mass is 584 g/mol. The summed E-state index contributed by atoms with van der Waals surface area (Å²) >= 11 is 0.278. The first kappa shape index (κ1) is 27.3. The van der Waals surface area contributed by atoms with Gasteiger partial charge in [-0.3, -0.25) is 9.11 Å². The lowest BCUT2D eigenvalue weighted by Crippen LogP contribution is -2.06. The lowest BCUT2D eigenvalue weighted by Gasteiger charge is -2.14. The van der Waals surface area contributed by atoms with Crippen LogP contribution in [-0.4, -0.2) is 41.4 Å². The van der Waals surface area contributed by atoms with E-state index in [0.29, 0.717) is 0 Å². The van der Waals surface area contributed by atoms with Crippen LogP contribution in [0.15, 0.2) is 67.4 Å². The number of aromatic hydroxyl groups is 2. The fourth-order valence-corrected chi connectivity index (χ4v) is 5.71. The van der Waals surface area contributed by atoms with Crippen LogP contribution in [0.3, 0.4) is 0 Å². The highest BCUT2D eigenvalue weighted by Crippen LogP contribution is 2.48. The van der Waals surface area contributed by atoms with E-state index in [1.54, 1.807) is 0 Å². The summed E-state index contributed by atoms with van der Waals surface area (Å²) in [5, 5.41) is 40.6. The van der Waals surface area contributed by atoms with E-state index in [-0.39, 0.29) is 44.2 Å². The topological polar surface area (TPSA) is 265 Å². The van der Waals surface area contributed by atoms with Gasteiger partial charge in [-0.05, 0) is 35.7 Å². The average molecular weight is 585 g/mol. The molecule has 200 valence electrons. The van der Waals surface area contributed by atoms with E-state index in [4.69, 9.17) is 16.7 Å². The standard InChI is InChI=1S/C20H16N4O11S3/c21-16-14(37(28,29)30)7-8-6-13(36-35-34-27)18(19(26)15(8)17(16)22)24-23-11-5-4-9-10(2-1-3-12(9)25)20(11)38(31,32)33/h1-7,25-27H,21-22H2,(H,28,29,30)(H,31,32,33)/b24-23-. The van der Waals surface area contributed by atoms with Crippen molar-refractivity contribution in [2.75, 3.05) is 11.5 Å². The molecule has 0 amide bonds. The van der Waals surface area contributed by atoms with Crippen LogP contribution in [0.2, 0.25) is 0 Å². The predicted octanol–water partition coefficient (Wildman–Crippen LogP) is 3.91. The van der Waals surface area contributed by atoms with Crippen LogP contribution in [-0.2, 0) is 29.6 Å². The number of phenolic OH excluding ortho intramolecular Hbond substituents is 2. The van der Waals surface area contributed by atoms with Gasteiger partial charge in [-0.2, -0.15) is 16.8 Å². The Kier molecular flexibility index (Phi) is 7.07. The normalized spacial score (nSPS) is 12.6. The van der Waals surface area contributed by atoms with Gasteiger partial charge < -0.3 is 21.7 Å². The zero-order chi connectivity index (χ0) is 28.0. The lowest BCUT2D eigenvalue weighted by atomic mass is 10.1. The molecule has 0 aliphatic carbocycles. The highest BCUT2D eigenvalue weighted by atomic mass is 32.2. The molecule has 9 N–H and O–H groups in total. The van der Waals surface area contributed by atoms with Gasteiger partial charge in [-0.1, -0.05) is 17.2 Å². The number of nitrogens with two attached hydrogens (primary N) is 2. The molecule has 18 heteroatoms. The van der Waals surface area contributed by atoms with E-state index in [9.17, 15) is 36.2 Å². The summed E-state index contributed by atoms with van der Waals surface area (Å²) in [4.78, 5) is -1.60. The van der Waals surface area contributed by atoms with Gasteiger partial charge in [-0.15, -0.1) is 14.6 Å². The molecule has 0 bridgehead atoms. The third-order valence-corrected chi connectivity index (χ3v) is 7.76. The Morgan fingerprint density at radius 1 is 0.868 bits per heavy atom. The Labute approximate surface area is 217 Å². The lowest BCUT2D eigenvalue weighted by molar-refractivity contribution is -0.432. The van der Waals surface area contributed by atoms with Gasteiger partial charge >= 0.3 is 0 Å². The van der Waals surface area contributed by atoms with E-state index >= 15 is 0 Å². The molecule has 4 aromatic carbocycles. The first-order valence-corrected chi connectivity index (χ1v) is 13.5. The van der Waals surface area contributed by atoms with Crippen molar-refractivity contribution in [3.8, 4) is 11.5 Å². The summed E-state index contributed by atoms with van der Waals surface area (Å²) in [5.74, 6) is -0.992. The first-order chi connectivity index (χ1) is 17.8. The van der Waals surface area contributed by atoms with Crippen molar-refractivity contribution in [3.05, 3.63) is 42.5 Å². The summed E-state index contributed by atoms with van der Waals surface area (Å²) in [5.41, 5.74) is 9.83. The van der Waals surface area contributed by atoms with E-state index in [1.807, 2.05) is 0 Å². The average Bonchev–Trinajstić information content (AvgIpc) is 2.82. The molecule has 0 fully saturated rings. The molecule has 0 saturated carbocycles. The summed E-state index contributed by atoms with van der Waals surface area (Å²) in [6.07, 6.45) is 0. The van der Waals surface area contributed by atoms with Crippen molar-refractivity contribution in [1.82, 2.24) is 0 Å². The predicted molar refractivity (Wildman–Crippen MR) is 135 cm³/mol. The molecule has 0 saturated heterocycles. The fraction of sp³-hybridized carbons (Fsp3) is 0. The maximum absolute atomic E-state index is 12.2. The maximum Gasteiger partial charge on any atom is 0.297 e. The molecule has 38 heavy (non-hydrogen) atoms. The Hall–Kier alpha value is -3.75. The molecule has 15 nitrogen and oxygen atoms in total. The van der Waals surface area contributed by atoms with Crippen molar-refractivity contribution in [2.45, 2.75) is 14.7 Å². The van der Waals surface area contributed by atoms with Crippen molar-refractivity contribution < 1.29 is 50.8 Å². The van der Waals surface area contributed by atoms with Crippen LogP contribution in [0.1, 0.15) is 0 Å². The molecular formula is C20H16N4O11S3. The Balaban J connectivity index is 2.01. The maximum atomic E-state index is 12.2. The molecule has 0 radical (unpaired) electrons. The minimum Gasteiger partial charge on any atom is -0.507 e. The molecule has 0 aromatic heterocycles. The minimum absolute atomic E-state index is 0.0652. The molecule has 4 rings (SSSR count). The van der Waals surface area contributed by atoms with E-state index in [0.717, 1.165) is 12.1 Å². The van der Waals surface area contributed by atoms with Crippen LogP contribution in [0.5, 0.6) is 11.5 Å². The van der Waals surface area contributed by atoms with Gasteiger partial charge in [0.25, 0.3) is 20.2 Å². The zero-order valence-corrected chi connectivity index (χ0v) is 21.0. The smallest absolute Gasteiger partial charge is 0.297 e. The largest absolute Gasteiger partial charge is 0.507 e. The number of phenols is 2. The summed E-state index contributed by atoms with van der Waals surface area (Å²) in [6, 6.07) is 8.50. The zero-order valence-electron chi connectivity index (χ0n) is 18.5. The molecule has 0 aliphatic rings. The van der Waals surface area contributed by atoms with Crippen LogP contribution >= 0.6 is 12.0 Å². The molecule has 0 spiro atoms. The third kappa shape index (κ3) is 4.89. The van der Waals surface area contributed by atoms with Gasteiger partial charge in [0.1, 0.15) is 26.9 Å². The number of fused-ring (bicyclic) bond motifs is 2. The second-order valence-electron chi connectivity index (χ2n) is 7.53. The Morgan fingerprint density at radius 2 is 1.58 bits per heavy atom. The van der Waals surface area contributed by atoms with Crippen LogP contribution in [0.4, 0.5) is 22.7 Å². The molecular weight excluding hydrogens is 568 g/mol. The third-order valence-electron chi connectivity index (χ3n) is 5.30. The molecule has 4 aromatic rings. The second-order valence-corrected chi connectivity index (χ2v) is 11.0. The van der Waals surface area contributed by atoms with Gasteiger partial charge in [0, 0.05) is 10.8 Å². The molecule has 0 heterocycles. The summed E-state index contributed by atoms with van der Waals surface area (Å²) < 4.78 is 71.5. The fourth-order valence-electron chi connectivity index (χ4n) is 3.72. The van der Waals surface area contributed by atoms with Gasteiger partial charge in [0.05, 0.1) is 33.7 Å². The number of hydrogen-bond donors (Lipinski definition) is 7. The first-order valence-electron chi connectivity index (χ1n) is 9.89. The highest BCUT2D eigenvalue weighted by molar-refractivity contribution is 7.94. The molecule has 0 aliphatic heterocycles.